The summed E-state index contributed by atoms with van der Waals surface area (Å²) in [4.78, 5) is 243. The van der Waals surface area contributed by atoms with Gasteiger partial charge in [-0.15, -0.1) is 23.5 Å². The molecule has 0 aromatic rings. The van der Waals surface area contributed by atoms with Crippen LogP contribution in [0.2, 0.25) is 0 Å². The summed E-state index contributed by atoms with van der Waals surface area (Å²) in [5, 5.41) is 33.0. The van der Waals surface area contributed by atoms with Gasteiger partial charge in [0, 0.05) is 67.4 Å². The van der Waals surface area contributed by atoms with Crippen LogP contribution in [0, 0.1) is 5.92 Å². The number of ketones is 3. The van der Waals surface area contributed by atoms with Gasteiger partial charge in [-0.2, -0.15) is 12.6 Å². The van der Waals surface area contributed by atoms with Crippen molar-refractivity contribution in [3.8, 4) is 0 Å². The fourth-order valence-electron chi connectivity index (χ4n) is 9.53. The van der Waals surface area contributed by atoms with E-state index in [4.69, 9.17) is 60.9 Å². The van der Waals surface area contributed by atoms with Crippen molar-refractivity contribution < 1.29 is 173 Å². The number of hydrogen-bond acceptors (Lipinski definition) is 39. The van der Waals surface area contributed by atoms with Gasteiger partial charge in [-0.05, 0) is 33.1 Å². The van der Waals surface area contributed by atoms with Gasteiger partial charge in [-0.3, -0.25) is 115 Å². The molecule has 660 valence electrons. The highest BCUT2D eigenvalue weighted by Crippen LogP contribution is 2.37. The fourth-order valence-corrected chi connectivity index (χ4v) is 12.4. The van der Waals surface area contributed by atoms with Crippen LogP contribution in [0.25, 0.3) is 0 Å². The predicted molar refractivity (Wildman–Crippen MR) is 405 cm³/mol. The second-order valence-corrected chi connectivity index (χ2v) is 27.7. The number of hydrogen-bond donors (Lipinski definition) is 10. The molecule has 0 aromatic carbocycles. The number of carboxylic acids is 3. The largest absolute Gasteiger partial charge is 0.480 e. The number of aliphatic carboxylic acids is 3. The summed E-state index contributed by atoms with van der Waals surface area (Å²) in [5.41, 5.74) is 16.5. The van der Waals surface area contributed by atoms with Crippen LogP contribution in [0.5, 0.6) is 0 Å². The van der Waals surface area contributed by atoms with Gasteiger partial charge >= 0.3 is 17.9 Å². The van der Waals surface area contributed by atoms with Crippen molar-refractivity contribution >= 4 is 163 Å². The Morgan fingerprint density at radius 3 is 1.15 bits per heavy atom. The Morgan fingerprint density at radius 2 is 0.803 bits per heavy atom. The minimum absolute atomic E-state index is 0.0219. The Bertz CT molecular complexity index is 3230. The number of likely N-dealkylation sites (tertiary alicyclic amines) is 2. The molecule has 9 amide bonds. The first kappa shape index (κ1) is 108. The highest BCUT2D eigenvalue weighted by atomic mass is 32.2. The zero-order valence-electron chi connectivity index (χ0n) is 64.9. The molecule has 9 unspecified atom stereocenters. The highest BCUT2D eigenvalue weighted by molar-refractivity contribution is 8.01. The number of imide groups is 3. The Kier molecular flexibility index (Phi) is 59.3. The minimum Gasteiger partial charge on any atom is -0.480 e. The molecular formula is C69H105N9O36S3. The molecule has 9 atom stereocenters. The van der Waals surface area contributed by atoms with E-state index in [9.17, 15) is 101 Å². The van der Waals surface area contributed by atoms with Crippen molar-refractivity contribution in [1.29, 1.82) is 0 Å². The van der Waals surface area contributed by atoms with Crippen molar-refractivity contribution in [2.45, 2.75) is 131 Å². The summed E-state index contributed by atoms with van der Waals surface area (Å²) in [5.74, 6) is -9.62. The summed E-state index contributed by atoms with van der Waals surface area (Å²) >= 11 is 6.02. The molecule has 3 aliphatic rings. The fraction of sp³-hybridized carbons (Fsp3) is 0.667. The third-order valence-corrected chi connectivity index (χ3v) is 19.3. The minimum atomic E-state index is -1.26. The summed E-state index contributed by atoms with van der Waals surface area (Å²) in [7, 11) is 0. The van der Waals surface area contributed by atoms with Crippen molar-refractivity contribution in [3.63, 3.8) is 0 Å². The summed E-state index contributed by atoms with van der Waals surface area (Å²) < 4.78 is 57.1. The molecule has 12 N–H and O–H groups in total. The van der Waals surface area contributed by atoms with E-state index in [1.165, 1.54) is 6.08 Å². The molecule has 48 heteroatoms. The maximum absolute atomic E-state index is 13.0. The van der Waals surface area contributed by atoms with Crippen molar-refractivity contribution in [3.05, 3.63) is 11.6 Å². The number of Topliss-reactive ketones (excluding diaryl/α,β-unsaturated/α-hetero) is 3. The molecule has 3 aliphatic heterocycles. The smallest absolute Gasteiger partial charge is 0.320 e. The quantitative estimate of drug-likeness (QED) is 0.00893. The molecule has 0 aromatic heterocycles. The first-order chi connectivity index (χ1) is 55.8. The molecule has 3 heterocycles. The number of nitrogens with zero attached hydrogens (tertiary/aromatic N) is 3. The van der Waals surface area contributed by atoms with Gasteiger partial charge in [0.05, 0.1) is 154 Å². The van der Waals surface area contributed by atoms with Crippen LogP contribution in [-0.2, 0) is 158 Å². The third-order valence-electron chi connectivity index (χ3n) is 16.0. The van der Waals surface area contributed by atoms with Crippen molar-refractivity contribution in [1.82, 2.24) is 30.7 Å². The maximum atomic E-state index is 13.0. The molecule has 0 spiro atoms. The van der Waals surface area contributed by atoms with Gasteiger partial charge in [0.25, 0.3) is 50.6 Å². The van der Waals surface area contributed by atoms with Crippen LogP contribution in [0.15, 0.2) is 11.6 Å². The van der Waals surface area contributed by atoms with Crippen LogP contribution in [0.3, 0.4) is 0 Å². The van der Waals surface area contributed by atoms with Crippen LogP contribution in [-0.4, -0.2) is 359 Å². The molecule has 45 nitrogen and oxygen atoms in total. The van der Waals surface area contributed by atoms with Gasteiger partial charge in [-0.25, -0.2) is 0 Å². The average molecular weight is 1730 g/mol. The van der Waals surface area contributed by atoms with Gasteiger partial charge in [0.2, 0.25) is 41.4 Å². The molecule has 2 fully saturated rings. The number of nitrogens with two attached hydrogens (primary N) is 3. The Morgan fingerprint density at radius 1 is 0.479 bits per heavy atom. The maximum Gasteiger partial charge on any atom is 0.320 e. The number of thiol groups is 1. The van der Waals surface area contributed by atoms with E-state index in [-0.39, 0.29) is 237 Å². The Hall–Kier alpha value is -9.50. The lowest BCUT2D eigenvalue weighted by Crippen LogP contribution is -2.45. The van der Waals surface area contributed by atoms with E-state index in [1.807, 2.05) is 0 Å². The van der Waals surface area contributed by atoms with E-state index in [0.29, 0.717) is 44.8 Å². The van der Waals surface area contributed by atoms with Gasteiger partial charge in [0.15, 0.2) is 17.3 Å². The lowest BCUT2D eigenvalue weighted by Gasteiger charge is -2.25. The van der Waals surface area contributed by atoms with Gasteiger partial charge < -0.3 is 105 Å². The number of thioether (sulfide) groups is 2. The Labute approximate surface area is 685 Å². The normalized spacial score (nSPS) is 16.9. The molecule has 3 rings (SSSR count). The lowest BCUT2D eigenvalue weighted by atomic mass is 10.1. The molecule has 0 bridgehead atoms. The number of nitrogens with one attached hydrogen (secondary N) is 3. The van der Waals surface area contributed by atoms with E-state index in [1.54, 1.807) is 20.8 Å². The number of carboxylic acid groups (broad SMARTS) is 3. The zero-order valence-corrected chi connectivity index (χ0v) is 67.4. The lowest BCUT2D eigenvalue weighted by molar-refractivity contribution is -0.141. The molecule has 117 heavy (non-hydrogen) atoms. The SMILES string of the molecule is CC1(SCC(NC(=O)CCC(N)C(=O)O)C(=O)CCOC=O)CC(=O)N(CCOCCOCCOC=O)C1=O.CC1=CC(=O)N(CCOCCOCCOC=O)C1=O.CC1C(=O)N(CCOCCOCCOC=O)C(=O)C1SCC(NC(=O)CCC(N)C(=O)O)C(=O)CCOC=O.NC(CCC(=O)NC(CS)C(=O)CCOC=O)C(=O)O. The highest BCUT2D eigenvalue weighted by Gasteiger charge is 2.49. The van der Waals surface area contributed by atoms with Crippen LogP contribution < -0.4 is 33.2 Å². The van der Waals surface area contributed by atoms with E-state index >= 15 is 0 Å². The zero-order chi connectivity index (χ0) is 88.1. The van der Waals surface area contributed by atoms with E-state index < -0.39 is 123 Å². The number of carbonyl (C=O) groups excluding carboxylic acids is 18. The number of carbonyl (C=O) groups is 21. The Balaban J connectivity index is 0.00000161. The predicted octanol–water partition coefficient (Wildman–Crippen LogP) is -5.41. The second-order valence-electron chi connectivity index (χ2n) is 24.7. The summed E-state index contributed by atoms with van der Waals surface area (Å²) in [6, 6.07) is -6.55. The standard InChI is InChI=1S/2C23H35N3O12S.C12H17NO6.C11H18N2O6S/c1-23(12-20(31)26(22(23)34)5-7-35-8-9-36-10-11-38-15-28)39-13-17(18(29)4-6-37-14-27)25-19(30)3-2-16(24)21(32)33;1-15-20(22(32)26(21(15)31)5-7-35-8-9-36-10-11-38-14-28)39-12-17(18(29)4-6-37-13-27)25-19(30)3-2-16(24)23(33)34;1-10-8-11(15)13(12(10)16)2-3-17-4-5-18-6-7-19-9-14;12-7(11(17)18)1-2-10(16)13-8(5-20)9(15)3-4-19-6-14/h14-17H,2-13,24H2,1H3,(H,25,30)(H,32,33);13-17,20H,2-12,24H2,1H3,(H,25,30)(H,33,34);8-9H,2-7H2,1H3;6-8,20H,1-5,12H2,(H,13,16)(H,17,18). The average Bonchev–Trinajstić information content (AvgIpc) is 1.64. The van der Waals surface area contributed by atoms with Crippen LogP contribution >= 0.6 is 36.2 Å². The molecular weight excluding hydrogens is 1630 g/mol. The first-order valence-electron chi connectivity index (χ1n) is 36.1. The van der Waals surface area contributed by atoms with Crippen molar-refractivity contribution in [2.24, 2.45) is 23.1 Å². The van der Waals surface area contributed by atoms with Gasteiger partial charge in [-0.1, -0.05) is 6.92 Å². The van der Waals surface area contributed by atoms with Crippen LogP contribution in [0.1, 0.15) is 85.0 Å². The topological polar surface area (TPSA) is 654 Å². The van der Waals surface area contributed by atoms with Gasteiger partial charge in [0.1, 0.15) is 42.7 Å². The van der Waals surface area contributed by atoms with Crippen LogP contribution in [0.4, 0.5) is 0 Å². The second kappa shape index (κ2) is 64.6. The molecule has 2 saturated heterocycles. The number of amides is 9. The summed E-state index contributed by atoms with van der Waals surface area (Å²) in [6.07, 6.45) is -0.117. The molecule has 0 radical (unpaired) electrons. The monoisotopic (exact) mass is 1730 g/mol. The number of rotatable bonds is 67. The third kappa shape index (κ3) is 46.9. The molecule has 0 saturated carbocycles. The first-order valence-corrected chi connectivity index (χ1v) is 38.7. The summed E-state index contributed by atoms with van der Waals surface area (Å²) in [6.45, 7) is 9.41. The van der Waals surface area contributed by atoms with E-state index in [2.05, 4.69) is 57.0 Å². The number of ether oxygens (including phenoxy) is 12. The van der Waals surface area contributed by atoms with E-state index in [0.717, 1.165) is 38.2 Å². The van der Waals surface area contributed by atoms with Crippen molar-refractivity contribution in [2.75, 3.05) is 156 Å². The molecule has 0 aliphatic carbocycles.